The Balaban J connectivity index is 1.06. The lowest BCUT2D eigenvalue weighted by molar-refractivity contribution is 0.667. The van der Waals surface area contributed by atoms with Crippen LogP contribution in [0.4, 0.5) is 0 Å². The van der Waals surface area contributed by atoms with Gasteiger partial charge in [0.1, 0.15) is 23.2 Å². The normalized spacial score (nSPS) is 14.9. The fourth-order valence-corrected chi connectivity index (χ4v) is 8.94. The molecule has 0 amide bonds. The van der Waals surface area contributed by atoms with Gasteiger partial charge in [-0.2, -0.15) is 0 Å². The number of aliphatic imine (C=N–C) groups is 2. The Morgan fingerprint density at radius 1 is 0.569 bits per heavy atom. The molecule has 1 aliphatic heterocycles. The van der Waals surface area contributed by atoms with Crippen molar-refractivity contribution in [3.63, 3.8) is 0 Å². The van der Waals surface area contributed by atoms with Gasteiger partial charge in [-0.3, -0.25) is 0 Å². The van der Waals surface area contributed by atoms with Crippen LogP contribution in [-0.2, 0) is 0 Å². The molecular weight excluding hydrogens is 645 g/mol. The number of hydrogen-bond acceptors (Lipinski definition) is 5. The van der Waals surface area contributed by atoms with Gasteiger partial charge in [-0.15, -0.1) is 11.3 Å². The van der Waals surface area contributed by atoms with Crippen LogP contribution in [-0.4, -0.2) is 16.2 Å². The highest BCUT2D eigenvalue weighted by atomic mass is 32.1. The zero-order valence-electron chi connectivity index (χ0n) is 27.2. The van der Waals surface area contributed by atoms with Crippen molar-refractivity contribution in [2.24, 2.45) is 9.98 Å². The molecule has 6 heteroatoms. The molecule has 0 bridgehead atoms. The van der Waals surface area contributed by atoms with Crippen molar-refractivity contribution < 1.29 is 4.42 Å². The Kier molecular flexibility index (Phi) is 6.12. The Bertz CT molecular complexity index is 3060. The highest BCUT2D eigenvalue weighted by Gasteiger charge is 2.22. The van der Waals surface area contributed by atoms with Gasteiger partial charge in [0.2, 0.25) is 0 Å². The van der Waals surface area contributed by atoms with Gasteiger partial charge in [0, 0.05) is 58.5 Å². The lowest BCUT2D eigenvalue weighted by Crippen LogP contribution is -2.33. The minimum Gasteiger partial charge on any atom is -0.456 e. The van der Waals surface area contributed by atoms with E-state index in [1.165, 1.54) is 42.0 Å². The number of fused-ring (bicyclic) bond motifs is 10. The summed E-state index contributed by atoms with van der Waals surface area (Å²) in [5, 5.41) is 10.9. The molecule has 51 heavy (non-hydrogen) atoms. The summed E-state index contributed by atoms with van der Waals surface area (Å²) in [7, 11) is 0. The Labute approximate surface area is 296 Å². The number of benzene rings is 7. The van der Waals surface area contributed by atoms with Gasteiger partial charge < -0.3 is 14.3 Å². The fourth-order valence-electron chi connectivity index (χ4n) is 7.68. The molecule has 0 fully saturated rings. The van der Waals surface area contributed by atoms with Gasteiger partial charge in [-0.05, 0) is 54.1 Å². The molecule has 3 aromatic heterocycles. The van der Waals surface area contributed by atoms with E-state index in [2.05, 4.69) is 131 Å². The van der Waals surface area contributed by atoms with Crippen molar-refractivity contribution in [2.45, 2.75) is 6.17 Å². The van der Waals surface area contributed by atoms with E-state index >= 15 is 0 Å². The molecule has 0 saturated carbocycles. The quantitative estimate of drug-likeness (QED) is 0.202. The number of rotatable bonds is 4. The highest BCUT2D eigenvalue weighted by Crippen LogP contribution is 2.43. The number of furan rings is 1. The van der Waals surface area contributed by atoms with Crippen LogP contribution in [0.5, 0.6) is 0 Å². The van der Waals surface area contributed by atoms with Gasteiger partial charge in [0.05, 0.1) is 11.0 Å². The number of thiophene rings is 1. The first kappa shape index (κ1) is 28.3. The number of nitrogens with one attached hydrogen (secondary N) is 1. The molecule has 1 unspecified atom stereocenters. The second-order valence-electron chi connectivity index (χ2n) is 13.0. The van der Waals surface area contributed by atoms with E-state index in [1.807, 2.05) is 47.7 Å². The number of para-hydroxylation sites is 1. The van der Waals surface area contributed by atoms with Gasteiger partial charge >= 0.3 is 0 Å². The second-order valence-corrected chi connectivity index (χ2v) is 14.1. The Hall–Kier alpha value is -6.50. The summed E-state index contributed by atoms with van der Waals surface area (Å²) in [6.45, 7) is 0. The molecule has 0 saturated heterocycles. The number of hydrogen-bond donors (Lipinski definition) is 1. The standard InChI is InChI=1S/C45H28N4OS/c1-3-11-27(12-4-1)43-46-44(28-13-5-2-6-14-28)48-45(47-43)29-19-21-31-35-26-30(20-24-38(35)50-39(31)25-29)49-36-17-9-7-16-34(36)41-37(49)23-22-33-32-15-8-10-18-40(32)51-42(33)41/h1-26,43H,(H,46,47,48). The molecule has 10 aromatic rings. The molecule has 11 rings (SSSR count). The molecule has 240 valence electrons. The molecule has 1 atom stereocenters. The third kappa shape index (κ3) is 4.40. The van der Waals surface area contributed by atoms with Crippen LogP contribution >= 0.6 is 11.3 Å². The van der Waals surface area contributed by atoms with E-state index in [1.54, 1.807) is 0 Å². The molecule has 7 aromatic carbocycles. The monoisotopic (exact) mass is 672 g/mol. The third-order valence-electron chi connectivity index (χ3n) is 10.1. The summed E-state index contributed by atoms with van der Waals surface area (Å²) < 4.78 is 11.6. The molecule has 0 spiro atoms. The average molecular weight is 673 g/mol. The van der Waals surface area contributed by atoms with Crippen molar-refractivity contribution in [3.05, 3.63) is 174 Å². The summed E-state index contributed by atoms with van der Waals surface area (Å²) >= 11 is 1.88. The van der Waals surface area contributed by atoms with Gasteiger partial charge in [-0.25, -0.2) is 9.98 Å². The van der Waals surface area contributed by atoms with Crippen molar-refractivity contribution in [1.82, 2.24) is 9.88 Å². The van der Waals surface area contributed by atoms with Gasteiger partial charge in [0.15, 0.2) is 5.84 Å². The lowest BCUT2D eigenvalue weighted by atomic mass is 10.1. The summed E-state index contributed by atoms with van der Waals surface area (Å²) in [6, 6.07) is 55.4. The minimum atomic E-state index is -0.261. The molecule has 1 aliphatic rings. The lowest BCUT2D eigenvalue weighted by Gasteiger charge is -2.23. The van der Waals surface area contributed by atoms with Crippen LogP contribution in [0.3, 0.4) is 0 Å². The van der Waals surface area contributed by atoms with Crippen LogP contribution < -0.4 is 5.32 Å². The molecule has 1 N–H and O–H groups in total. The first-order valence-electron chi connectivity index (χ1n) is 17.1. The maximum absolute atomic E-state index is 6.52. The van der Waals surface area contributed by atoms with E-state index in [-0.39, 0.29) is 6.17 Å². The number of nitrogens with zero attached hydrogens (tertiary/aromatic N) is 3. The Morgan fingerprint density at radius 2 is 1.33 bits per heavy atom. The average Bonchev–Trinajstić information content (AvgIpc) is 3.87. The van der Waals surface area contributed by atoms with Crippen molar-refractivity contribution >= 4 is 86.9 Å². The molecular formula is C45H28N4OS. The second kappa shape index (κ2) is 11.0. The highest BCUT2D eigenvalue weighted by molar-refractivity contribution is 7.26. The van der Waals surface area contributed by atoms with Crippen molar-refractivity contribution in [1.29, 1.82) is 0 Å². The summed E-state index contributed by atoms with van der Waals surface area (Å²) in [4.78, 5) is 10.1. The number of aromatic nitrogens is 1. The van der Waals surface area contributed by atoms with Crippen LogP contribution in [0.15, 0.2) is 172 Å². The summed E-state index contributed by atoms with van der Waals surface area (Å²) in [5.74, 6) is 1.46. The van der Waals surface area contributed by atoms with E-state index in [0.29, 0.717) is 5.84 Å². The zero-order valence-corrected chi connectivity index (χ0v) is 28.1. The summed E-state index contributed by atoms with van der Waals surface area (Å²) in [6.07, 6.45) is -0.261. The van der Waals surface area contributed by atoms with E-state index in [9.17, 15) is 0 Å². The number of amidine groups is 2. The Morgan fingerprint density at radius 3 is 2.22 bits per heavy atom. The fraction of sp³-hybridized carbons (Fsp3) is 0.0222. The van der Waals surface area contributed by atoms with Crippen LogP contribution in [0.1, 0.15) is 22.9 Å². The van der Waals surface area contributed by atoms with Crippen LogP contribution in [0, 0.1) is 0 Å². The molecule has 5 nitrogen and oxygen atoms in total. The van der Waals surface area contributed by atoms with Crippen LogP contribution in [0.25, 0.3) is 69.6 Å². The maximum atomic E-state index is 6.52. The van der Waals surface area contributed by atoms with Crippen LogP contribution in [0.2, 0.25) is 0 Å². The topological polar surface area (TPSA) is 54.8 Å². The summed E-state index contributed by atoms with van der Waals surface area (Å²) in [5.41, 5.74) is 8.16. The minimum absolute atomic E-state index is 0.261. The molecule has 0 radical (unpaired) electrons. The van der Waals surface area contributed by atoms with Gasteiger partial charge in [-0.1, -0.05) is 109 Å². The first-order chi connectivity index (χ1) is 25.3. The van der Waals surface area contributed by atoms with E-state index in [4.69, 9.17) is 14.4 Å². The third-order valence-corrected chi connectivity index (χ3v) is 11.3. The van der Waals surface area contributed by atoms with E-state index < -0.39 is 0 Å². The van der Waals surface area contributed by atoms with E-state index in [0.717, 1.165) is 50.2 Å². The molecule has 0 aliphatic carbocycles. The first-order valence-corrected chi connectivity index (χ1v) is 17.9. The predicted molar refractivity (Wildman–Crippen MR) is 213 cm³/mol. The van der Waals surface area contributed by atoms with Gasteiger partial charge in [0.25, 0.3) is 0 Å². The SMILES string of the molecule is c1ccc(C2=NC(c3ccc4c(c3)oc3ccc(-n5c6ccccc6c6c7sc8ccccc8c7ccc65)cc34)=NC(c3ccccc3)N2)cc1. The zero-order chi connectivity index (χ0) is 33.5. The maximum Gasteiger partial charge on any atom is 0.159 e. The smallest absolute Gasteiger partial charge is 0.159 e. The van der Waals surface area contributed by atoms with Crippen molar-refractivity contribution in [2.75, 3.05) is 0 Å². The largest absolute Gasteiger partial charge is 0.456 e. The van der Waals surface area contributed by atoms with Crippen molar-refractivity contribution in [3.8, 4) is 5.69 Å². The molecule has 4 heterocycles. The predicted octanol–water partition coefficient (Wildman–Crippen LogP) is 11.5.